The van der Waals surface area contributed by atoms with Crippen molar-refractivity contribution in [2.75, 3.05) is 22.1 Å². The van der Waals surface area contributed by atoms with Gasteiger partial charge in [0.05, 0.1) is 23.4 Å². The van der Waals surface area contributed by atoms with Crippen molar-refractivity contribution >= 4 is 32.9 Å². The molecule has 1 aromatic carbocycles. The maximum Gasteiger partial charge on any atom is 0.224 e. The van der Waals surface area contributed by atoms with E-state index in [0.717, 1.165) is 5.69 Å². The van der Waals surface area contributed by atoms with E-state index in [2.05, 4.69) is 15.6 Å². The third kappa shape index (κ3) is 4.55. The zero-order valence-corrected chi connectivity index (χ0v) is 13.9. The van der Waals surface area contributed by atoms with Crippen LogP contribution in [-0.4, -0.2) is 30.8 Å². The summed E-state index contributed by atoms with van der Waals surface area (Å²) < 4.78 is 22.8. The van der Waals surface area contributed by atoms with Crippen molar-refractivity contribution in [1.82, 2.24) is 4.98 Å². The smallest absolute Gasteiger partial charge is 0.224 e. The molecule has 0 spiro atoms. The highest BCUT2D eigenvalue weighted by Crippen LogP contribution is 2.22. The molecule has 1 atom stereocenters. The number of hydrogen-bond donors (Lipinski definition) is 2. The molecule has 126 valence electrons. The molecule has 0 radical (unpaired) electrons. The van der Waals surface area contributed by atoms with Crippen LogP contribution in [0.5, 0.6) is 0 Å². The lowest BCUT2D eigenvalue weighted by atomic mass is 10.1. The predicted molar refractivity (Wildman–Crippen MR) is 94.0 cm³/mol. The number of sulfone groups is 1. The lowest BCUT2D eigenvalue weighted by Gasteiger charge is -2.10. The van der Waals surface area contributed by atoms with Gasteiger partial charge in [0.25, 0.3) is 0 Å². The molecule has 1 aliphatic rings. The van der Waals surface area contributed by atoms with Crippen molar-refractivity contribution in [3.8, 4) is 0 Å². The number of hydrogen-bond acceptors (Lipinski definition) is 5. The van der Waals surface area contributed by atoms with E-state index in [4.69, 9.17) is 0 Å². The van der Waals surface area contributed by atoms with Crippen LogP contribution in [-0.2, 0) is 14.6 Å². The second kappa shape index (κ2) is 7.00. The number of aromatic nitrogens is 1. The molecule has 0 bridgehead atoms. The minimum atomic E-state index is -2.95. The molecule has 2 heterocycles. The Morgan fingerprint density at radius 1 is 1.12 bits per heavy atom. The van der Waals surface area contributed by atoms with E-state index in [1.807, 2.05) is 30.3 Å². The standard InChI is InChI=1S/C17H19N3O3S/c21-17(10-13-8-9-24(22,23)12-13)20-15-6-7-16(18-11-15)19-14-4-2-1-3-5-14/h1-7,11,13H,8-10,12H2,(H,18,19)(H,20,21)/t13-/m0/s1. The van der Waals surface area contributed by atoms with E-state index in [9.17, 15) is 13.2 Å². The van der Waals surface area contributed by atoms with Gasteiger partial charge in [-0.2, -0.15) is 0 Å². The Hall–Kier alpha value is -2.41. The number of para-hydroxylation sites is 1. The summed E-state index contributed by atoms with van der Waals surface area (Å²) in [5.74, 6) is 0.719. The van der Waals surface area contributed by atoms with Gasteiger partial charge in [-0.05, 0) is 36.6 Å². The van der Waals surface area contributed by atoms with Gasteiger partial charge < -0.3 is 10.6 Å². The molecular weight excluding hydrogens is 326 g/mol. The van der Waals surface area contributed by atoms with Gasteiger partial charge in [0, 0.05) is 12.1 Å². The number of amides is 1. The maximum absolute atomic E-state index is 12.0. The fraction of sp³-hybridized carbons (Fsp3) is 0.294. The average Bonchev–Trinajstić information content (AvgIpc) is 2.89. The zero-order valence-electron chi connectivity index (χ0n) is 13.1. The Kier molecular flexibility index (Phi) is 4.80. The second-order valence-corrected chi connectivity index (χ2v) is 8.17. The summed E-state index contributed by atoms with van der Waals surface area (Å²) in [7, 11) is -2.95. The van der Waals surface area contributed by atoms with Crippen molar-refractivity contribution in [3.63, 3.8) is 0 Å². The summed E-state index contributed by atoms with van der Waals surface area (Å²) in [5, 5.41) is 5.92. The number of pyridine rings is 1. The third-order valence-corrected chi connectivity index (χ3v) is 5.73. The average molecular weight is 345 g/mol. The van der Waals surface area contributed by atoms with E-state index in [-0.39, 0.29) is 29.8 Å². The van der Waals surface area contributed by atoms with Gasteiger partial charge in [-0.1, -0.05) is 18.2 Å². The Labute approximate surface area is 141 Å². The molecule has 2 aromatic rings. The van der Waals surface area contributed by atoms with E-state index in [0.29, 0.717) is 17.9 Å². The number of carbonyl (C=O) groups is 1. The molecule has 0 unspecified atom stereocenters. The Balaban J connectivity index is 1.53. The van der Waals surface area contributed by atoms with Gasteiger partial charge in [-0.3, -0.25) is 4.79 Å². The van der Waals surface area contributed by atoms with Crippen molar-refractivity contribution in [3.05, 3.63) is 48.7 Å². The van der Waals surface area contributed by atoms with Crippen molar-refractivity contribution in [2.24, 2.45) is 5.92 Å². The molecule has 3 rings (SSSR count). The lowest BCUT2D eigenvalue weighted by Crippen LogP contribution is -2.17. The molecule has 1 fully saturated rings. The quantitative estimate of drug-likeness (QED) is 0.869. The van der Waals surface area contributed by atoms with E-state index >= 15 is 0 Å². The normalized spacial score (nSPS) is 18.9. The summed E-state index contributed by atoms with van der Waals surface area (Å²) in [6, 6.07) is 13.2. The number of benzene rings is 1. The second-order valence-electron chi connectivity index (χ2n) is 5.94. The lowest BCUT2D eigenvalue weighted by molar-refractivity contribution is -0.116. The van der Waals surface area contributed by atoms with Crippen LogP contribution in [0, 0.1) is 5.92 Å². The highest BCUT2D eigenvalue weighted by molar-refractivity contribution is 7.91. The fourth-order valence-electron chi connectivity index (χ4n) is 2.72. The van der Waals surface area contributed by atoms with Crippen LogP contribution in [0.25, 0.3) is 0 Å². The summed E-state index contributed by atoms with van der Waals surface area (Å²) in [5.41, 5.74) is 1.53. The first-order chi connectivity index (χ1) is 11.5. The largest absolute Gasteiger partial charge is 0.340 e. The molecule has 1 aliphatic heterocycles. The van der Waals surface area contributed by atoms with Gasteiger partial charge in [0.2, 0.25) is 5.91 Å². The molecule has 7 heteroatoms. The molecule has 1 saturated heterocycles. The van der Waals surface area contributed by atoms with Crippen molar-refractivity contribution in [2.45, 2.75) is 12.8 Å². The first-order valence-electron chi connectivity index (χ1n) is 7.78. The van der Waals surface area contributed by atoms with Gasteiger partial charge >= 0.3 is 0 Å². The Morgan fingerprint density at radius 2 is 1.92 bits per heavy atom. The van der Waals surface area contributed by atoms with E-state index < -0.39 is 9.84 Å². The van der Waals surface area contributed by atoms with Gasteiger partial charge in [0.15, 0.2) is 9.84 Å². The summed E-state index contributed by atoms with van der Waals surface area (Å²) in [6.07, 6.45) is 2.37. The van der Waals surface area contributed by atoms with E-state index in [1.54, 1.807) is 18.3 Å². The molecule has 6 nitrogen and oxygen atoms in total. The van der Waals surface area contributed by atoms with Gasteiger partial charge in [-0.15, -0.1) is 0 Å². The van der Waals surface area contributed by atoms with Crippen LogP contribution in [0.3, 0.4) is 0 Å². The molecule has 1 amide bonds. The topological polar surface area (TPSA) is 88.2 Å². The highest BCUT2D eigenvalue weighted by atomic mass is 32.2. The summed E-state index contributed by atoms with van der Waals surface area (Å²) in [4.78, 5) is 16.3. The molecule has 24 heavy (non-hydrogen) atoms. The van der Waals surface area contributed by atoms with Gasteiger partial charge in [0.1, 0.15) is 5.82 Å². The monoisotopic (exact) mass is 345 g/mol. The summed E-state index contributed by atoms with van der Waals surface area (Å²) in [6.45, 7) is 0. The van der Waals surface area contributed by atoms with Crippen LogP contribution in [0.15, 0.2) is 48.7 Å². The SMILES string of the molecule is O=C(C[C@@H]1CCS(=O)(=O)C1)Nc1ccc(Nc2ccccc2)nc1. The number of nitrogens with zero attached hydrogens (tertiary/aromatic N) is 1. The number of anilines is 3. The molecular formula is C17H19N3O3S. The van der Waals surface area contributed by atoms with Crippen LogP contribution < -0.4 is 10.6 Å². The molecule has 0 aliphatic carbocycles. The first-order valence-corrected chi connectivity index (χ1v) is 9.61. The highest BCUT2D eigenvalue weighted by Gasteiger charge is 2.29. The zero-order chi connectivity index (χ0) is 17.0. The number of carbonyl (C=O) groups excluding carboxylic acids is 1. The third-order valence-electron chi connectivity index (χ3n) is 3.89. The molecule has 0 saturated carbocycles. The van der Waals surface area contributed by atoms with Gasteiger partial charge in [-0.25, -0.2) is 13.4 Å². The van der Waals surface area contributed by atoms with E-state index in [1.165, 1.54) is 0 Å². The first kappa shape index (κ1) is 16.4. The van der Waals surface area contributed by atoms with Crippen LogP contribution in [0.4, 0.5) is 17.2 Å². The van der Waals surface area contributed by atoms with Crippen molar-refractivity contribution in [1.29, 1.82) is 0 Å². The molecule has 2 N–H and O–H groups in total. The Morgan fingerprint density at radius 3 is 2.54 bits per heavy atom. The van der Waals surface area contributed by atoms with Crippen LogP contribution in [0.2, 0.25) is 0 Å². The summed E-state index contributed by atoms with van der Waals surface area (Å²) >= 11 is 0. The number of rotatable bonds is 5. The van der Waals surface area contributed by atoms with Crippen LogP contribution in [0.1, 0.15) is 12.8 Å². The molecule has 1 aromatic heterocycles. The minimum Gasteiger partial charge on any atom is -0.340 e. The number of nitrogens with one attached hydrogen (secondary N) is 2. The van der Waals surface area contributed by atoms with Crippen molar-refractivity contribution < 1.29 is 13.2 Å². The maximum atomic E-state index is 12.0. The van der Waals surface area contributed by atoms with Crippen LogP contribution >= 0.6 is 0 Å². The predicted octanol–water partition coefficient (Wildman–Crippen LogP) is 2.59. The fourth-order valence-corrected chi connectivity index (χ4v) is 4.58. The Bertz CT molecular complexity index is 805. The minimum absolute atomic E-state index is 0.0815.